The molecule has 1 heterocycles. The highest BCUT2D eigenvalue weighted by molar-refractivity contribution is 9.10. The van der Waals surface area contributed by atoms with Crippen LogP contribution in [0.2, 0.25) is 0 Å². The Morgan fingerprint density at radius 1 is 1.19 bits per heavy atom. The topological polar surface area (TPSA) is 64.0 Å². The molecule has 2 aromatic carbocycles. The summed E-state index contributed by atoms with van der Waals surface area (Å²) in [4.78, 5) is 16.9. The molecule has 0 spiro atoms. The van der Waals surface area contributed by atoms with Gasteiger partial charge < -0.3 is 20.0 Å². The zero-order valence-electron chi connectivity index (χ0n) is 14.9. The van der Waals surface area contributed by atoms with E-state index in [1.54, 1.807) is 4.90 Å². The second-order valence-corrected chi connectivity index (χ2v) is 7.81. The summed E-state index contributed by atoms with van der Waals surface area (Å²) in [5, 5.41) is 19.7. The van der Waals surface area contributed by atoms with Gasteiger partial charge in [0, 0.05) is 19.2 Å². The van der Waals surface area contributed by atoms with Gasteiger partial charge in [0.05, 0.1) is 16.1 Å². The highest BCUT2D eigenvalue weighted by Gasteiger charge is 2.32. The molecule has 3 rings (SSSR count). The number of likely N-dealkylation sites (tertiary alicyclic amines) is 1. The van der Waals surface area contributed by atoms with Crippen LogP contribution in [0.1, 0.15) is 40.4 Å². The van der Waals surface area contributed by atoms with Gasteiger partial charge in [-0.3, -0.25) is 4.79 Å². The van der Waals surface area contributed by atoms with Crippen molar-refractivity contribution in [1.82, 2.24) is 9.80 Å². The molecule has 1 aliphatic heterocycles. The Hall–Kier alpha value is -2.05. The SMILES string of the molecule is CN(C)Cc1ccc(C2CCCN2C(=O)c2cc(Br)c(O)cc2O)cc1. The lowest BCUT2D eigenvalue weighted by molar-refractivity contribution is 0.0732. The van der Waals surface area contributed by atoms with E-state index in [-0.39, 0.29) is 29.0 Å². The van der Waals surface area contributed by atoms with E-state index in [1.165, 1.54) is 17.7 Å². The van der Waals surface area contributed by atoms with Crippen molar-refractivity contribution in [3.8, 4) is 11.5 Å². The summed E-state index contributed by atoms with van der Waals surface area (Å²) >= 11 is 3.21. The Labute approximate surface area is 162 Å². The van der Waals surface area contributed by atoms with Crippen molar-refractivity contribution in [2.45, 2.75) is 25.4 Å². The highest BCUT2D eigenvalue weighted by Crippen LogP contribution is 2.37. The lowest BCUT2D eigenvalue weighted by Crippen LogP contribution is -2.30. The van der Waals surface area contributed by atoms with Crippen molar-refractivity contribution in [3.05, 3.63) is 57.6 Å². The van der Waals surface area contributed by atoms with Crippen LogP contribution in [-0.2, 0) is 6.54 Å². The van der Waals surface area contributed by atoms with E-state index in [2.05, 4.69) is 45.1 Å². The van der Waals surface area contributed by atoms with E-state index in [0.29, 0.717) is 11.0 Å². The fraction of sp³-hybridized carbons (Fsp3) is 0.350. The van der Waals surface area contributed by atoms with Crippen molar-refractivity contribution >= 4 is 21.8 Å². The number of amides is 1. The van der Waals surface area contributed by atoms with Crippen molar-refractivity contribution in [3.63, 3.8) is 0 Å². The molecule has 1 amide bonds. The molecular weight excluding hydrogens is 396 g/mol. The fourth-order valence-electron chi connectivity index (χ4n) is 3.44. The van der Waals surface area contributed by atoms with Crippen LogP contribution in [0, 0.1) is 0 Å². The van der Waals surface area contributed by atoms with Gasteiger partial charge in [-0.2, -0.15) is 0 Å². The molecule has 2 N–H and O–H groups in total. The first-order chi connectivity index (χ1) is 12.4. The molecule has 6 heteroatoms. The van der Waals surface area contributed by atoms with Crippen LogP contribution < -0.4 is 0 Å². The van der Waals surface area contributed by atoms with Crippen molar-refractivity contribution in [2.75, 3.05) is 20.6 Å². The van der Waals surface area contributed by atoms with Gasteiger partial charge in [0.1, 0.15) is 11.5 Å². The number of rotatable bonds is 4. The first-order valence-electron chi connectivity index (χ1n) is 8.63. The molecule has 0 aliphatic carbocycles. The second-order valence-electron chi connectivity index (χ2n) is 6.96. The Balaban J connectivity index is 1.84. The van der Waals surface area contributed by atoms with Crippen LogP contribution >= 0.6 is 15.9 Å². The molecule has 1 aliphatic rings. The van der Waals surface area contributed by atoms with Gasteiger partial charge in [0.15, 0.2) is 0 Å². The predicted octanol–water partition coefficient (Wildman–Crippen LogP) is 3.90. The quantitative estimate of drug-likeness (QED) is 0.789. The zero-order chi connectivity index (χ0) is 18.8. The van der Waals surface area contributed by atoms with E-state index in [9.17, 15) is 15.0 Å². The minimum Gasteiger partial charge on any atom is -0.507 e. The number of benzene rings is 2. The van der Waals surface area contributed by atoms with Crippen LogP contribution in [0.15, 0.2) is 40.9 Å². The van der Waals surface area contributed by atoms with Gasteiger partial charge in [0.25, 0.3) is 5.91 Å². The summed E-state index contributed by atoms with van der Waals surface area (Å²) in [6, 6.07) is 11.0. The fourth-order valence-corrected chi connectivity index (χ4v) is 3.79. The summed E-state index contributed by atoms with van der Waals surface area (Å²) in [5.41, 5.74) is 2.54. The number of carbonyl (C=O) groups excluding carboxylic acids is 1. The molecule has 138 valence electrons. The maximum Gasteiger partial charge on any atom is 0.258 e. The van der Waals surface area contributed by atoms with Crippen LogP contribution in [0.4, 0.5) is 0 Å². The number of hydrogen-bond donors (Lipinski definition) is 2. The third-order valence-corrected chi connectivity index (χ3v) is 5.31. The summed E-state index contributed by atoms with van der Waals surface area (Å²) < 4.78 is 0.391. The van der Waals surface area contributed by atoms with Gasteiger partial charge in [-0.15, -0.1) is 0 Å². The predicted molar refractivity (Wildman–Crippen MR) is 104 cm³/mol. The molecule has 5 nitrogen and oxygen atoms in total. The minimum absolute atomic E-state index is 0.00267. The van der Waals surface area contributed by atoms with E-state index < -0.39 is 0 Å². The van der Waals surface area contributed by atoms with E-state index in [4.69, 9.17) is 0 Å². The maximum absolute atomic E-state index is 13.0. The molecule has 0 aromatic heterocycles. The van der Waals surface area contributed by atoms with Crippen LogP contribution in [0.3, 0.4) is 0 Å². The number of halogens is 1. The van der Waals surface area contributed by atoms with E-state index in [0.717, 1.165) is 24.9 Å². The van der Waals surface area contributed by atoms with Gasteiger partial charge in [-0.1, -0.05) is 24.3 Å². The van der Waals surface area contributed by atoms with E-state index >= 15 is 0 Å². The normalized spacial score (nSPS) is 17.1. The lowest BCUT2D eigenvalue weighted by atomic mass is 10.0. The third kappa shape index (κ3) is 3.86. The summed E-state index contributed by atoms with van der Waals surface area (Å²) in [5.74, 6) is -0.515. The molecule has 2 aromatic rings. The Morgan fingerprint density at radius 3 is 2.54 bits per heavy atom. The number of carbonyl (C=O) groups is 1. The largest absolute Gasteiger partial charge is 0.507 e. The number of phenols is 2. The standard InChI is InChI=1S/C20H23BrN2O3/c1-22(2)12-13-5-7-14(8-6-13)17-4-3-9-23(17)20(26)15-10-16(21)19(25)11-18(15)24/h5-8,10-11,17,24-25H,3-4,9,12H2,1-2H3. The van der Waals surface area contributed by atoms with Gasteiger partial charge in [-0.05, 0) is 60.1 Å². The van der Waals surface area contributed by atoms with E-state index in [1.807, 2.05) is 14.1 Å². The van der Waals surface area contributed by atoms with Crippen LogP contribution in [0.25, 0.3) is 0 Å². The van der Waals surface area contributed by atoms with Gasteiger partial charge in [0.2, 0.25) is 0 Å². The zero-order valence-corrected chi connectivity index (χ0v) is 16.5. The van der Waals surface area contributed by atoms with Crippen molar-refractivity contribution < 1.29 is 15.0 Å². The molecule has 1 unspecified atom stereocenters. The smallest absolute Gasteiger partial charge is 0.258 e. The Bertz CT molecular complexity index is 805. The molecule has 1 fully saturated rings. The van der Waals surface area contributed by atoms with Crippen molar-refractivity contribution in [1.29, 1.82) is 0 Å². The lowest BCUT2D eigenvalue weighted by Gasteiger charge is -2.26. The van der Waals surface area contributed by atoms with Crippen LogP contribution in [0.5, 0.6) is 11.5 Å². The molecule has 1 atom stereocenters. The Morgan fingerprint density at radius 2 is 1.88 bits per heavy atom. The average molecular weight is 419 g/mol. The number of aromatic hydroxyl groups is 2. The highest BCUT2D eigenvalue weighted by atomic mass is 79.9. The van der Waals surface area contributed by atoms with Crippen LogP contribution in [-0.4, -0.2) is 46.6 Å². The molecule has 0 radical (unpaired) electrons. The molecule has 0 bridgehead atoms. The second kappa shape index (κ2) is 7.68. The average Bonchev–Trinajstić information content (AvgIpc) is 3.07. The number of hydrogen-bond acceptors (Lipinski definition) is 4. The van der Waals surface area contributed by atoms with Crippen molar-refractivity contribution in [2.24, 2.45) is 0 Å². The number of phenolic OH excluding ortho intramolecular Hbond substituents is 2. The van der Waals surface area contributed by atoms with Gasteiger partial charge in [-0.25, -0.2) is 0 Å². The molecule has 0 saturated carbocycles. The monoisotopic (exact) mass is 418 g/mol. The molecule has 26 heavy (non-hydrogen) atoms. The summed E-state index contributed by atoms with van der Waals surface area (Å²) in [7, 11) is 4.07. The minimum atomic E-state index is -0.219. The molecule has 1 saturated heterocycles. The first-order valence-corrected chi connectivity index (χ1v) is 9.42. The first kappa shape index (κ1) is 18.7. The molecular formula is C20H23BrN2O3. The summed E-state index contributed by atoms with van der Waals surface area (Å²) in [6.45, 7) is 1.53. The summed E-state index contributed by atoms with van der Waals surface area (Å²) in [6.07, 6.45) is 1.83. The Kier molecular flexibility index (Phi) is 5.53. The van der Waals surface area contributed by atoms with Gasteiger partial charge >= 0.3 is 0 Å². The third-order valence-electron chi connectivity index (χ3n) is 4.67. The number of nitrogens with zero attached hydrogens (tertiary/aromatic N) is 2. The maximum atomic E-state index is 13.0.